The van der Waals surface area contributed by atoms with Gasteiger partial charge in [0.1, 0.15) is 11.5 Å². The summed E-state index contributed by atoms with van der Waals surface area (Å²) in [6.07, 6.45) is 0.0796. The maximum Gasteiger partial charge on any atom is 0.243 e. The molecule has 1 unspecified atom stereocenters. The highest BCUT2D eigenvalue weighted by Crippen LogP contribution is 2.34. The zero-order valence-electron chi connectivity index (χ0n) is 23.4. The van der Waals surface area contributed by atoms with Gasteiger partial charge in [-0.2, -0.15) is 4.31 Å². The minimum Gasteiger partial charge on any atom is -0.495 e. The predicted octanol–water partition coefficient (Wildman–Crippen LogP) is 3.51. The van der Waals surface area contributed by atoms with Gasteiger partial charge in [0.25, 0.3) is 0 Å². The van der Waals surface area contributed by atoms with Crippen LogP contribution >= 0.6 is 0 Å². The fourth-order valence-corrected chi connectivity index (χ4v) is 6.71. The van der Waals surface area contributed by atoms with E-state index in [0.717, 1.165) is 17.0 Å². The molecule has 0 aliphatic carbocycles. The Bertz CT molecular complexity index is 1530. The standard InChI is InChI=1S/C30H34N4O6S/c1-21-8-13-28(40-3)26(18-21)34-20-22(19-29(34)35)30(36)31-23-9-11-24(12-10-23)41(37,38)33-16-14-32(15-17-33)25-6-4-5-7-27(25)39-2/h4-13,18,22H,14-17,19-20H2,1-3H3,(H,31,36). The normalized spacial score (nSPS) is 17.9. The second-order valence-electron chi connectivity index (χ2n) is 10.2. The molecule has 0 spiro atoms. The average Bonchev–Trinajstić information content (AvgIpc) is 3.39. The number of nitrogens with one attached hydrogen (secondary N) is 1. The third-order valence-corrected chi connectivity index (χ3v) is 9.46. The van der Waals surface area contributed by atoms with Crippen molar-refractivity contribution in [2.24, 2.45) is 5.92 Å². The van der Waals surface area contributed by atoms with E-state index in [9.17, 15) is 18.0 Å². The number of anilines is 3. The van der Waals surface area contributed by atoms with Crippen LogP contribution in [-0.2, 0) is 19.6 Å². The van der Waals surface area contributed by atoms with Crippen LogP contribution in [0.3, 0.4) is 0 Å². The Morgan fingerprint density at radius 3 is 2.22 bits per heavy atom. The van der Waals surface area contributed by atoms with Crippen molar-refractivity contribution in [3.8, 4) is 11.5 Å². The van der Waals surface area contributed by atoms with Crippen molar-refractivity contribution in [2.75, 3.05) is 62.1 Å². The first-order chi connectivity index (χ1) is 19.7. The quantitative estimate of drug-likeness (QED) is 0.436. The van der Waals surface area contributed by atoms with Gasteiger partial charge in [-0.25, -0.2) is 8.42 Å². The van der Waals surface area contributed by atoms with E-state index in [1.165, 1.54) is 16.4 Å². The minimum atomic E-state index is -3.70. The van der Waals surface area contributed by atoms with Crippen molar-refractivity contribution in [1.82, 2.24) is 4.31 Å². The van der Waals surface area contributed by atoms with Gasteiger partial charge in [-0.05, 0) is 61.0 Å². The Kier molecular flexibility index (Phi) is 8.18. The topological polar surface area (TPSA) is 108 Å². The molecule has 41 heavy (non-hydrogen) atoms. The molecule has 216 valence electrons. The molecule has 0 aromatic heterocycles. The van der Waals surface area contributed by atoms with Gasteiger partial charge in [-0.15, -0.1) is 0 Å². The SMILES string of the molecule is COc1ccccc1N1CCN(S(=O)(=O)c2ccc(NC(=O)C3CC(=O)N(c4cc(C)ccc4OC)C3)cc2)CC1. The molecule has 3 aromatic rings. The number of methoxy groups -OCH3 is 2. The molecular formula is C30H34N4O6S. The summed E-state index contributed by atoms with van der Waals surface area (Å²) in [5.41, 5.74) is 3.03. The Morgan fingerprint density at radius 1 is 0.878 bits per heavy atom. The number of piperazine rings is 1. The van der Waals surface area contributed by atoms with E-state index in [2.05, 4.69) is 10.2 Å². The van der Waals surface area contributed by atoms with E-state index in [4.69, 9.17) is 9.47 Å². The lowest BCUT2D eigenvalue weighted by Gasteiger charge is -2.35. The third-order valence-electron chi connectivity index (χ3n) is 7.55. The second kappa shape index (κ2) is 11.8. The highest BCUT2D eigenvalue weighted by Gasteiger charge is 2.36. The summed E-state index contributed by atoms with van der Waals surface area (Å²) < 4.78 is 39.0. The van der Waals surface area contributed by atoms with Gasteiger partial charge >= 0.3 is 0 Å². The lowest BCUT2D eigenvalue weighted by molar-refractivity contribution is -0.122. The van der Waals surface area contributed by atoms with Crippen molar-refractivity contribution in [1.29, 1.82) is 0 Å². The molecule has 10 nitrogen and oxygen atoms in total. The molecule has 1 N–H and O–H groups in total. The molecule has 2 amide bonds. The number of carbonyl (C=O) groups excluding carboxylic acids is 2. The summed E-state index contributed by atoms with van der Waals surface area (Å²) >= 11 is 0. The first kappa shape index (κ1) is 28.4. The van der Waals surface area contributed by atoms with E-state index >= 15 is 0 Å². The van der Waals surface area contributed by atoms with Crippen molar-refractivity contribution >= 4 is 38.9 Å². The van der Waals surface area contributed by atoms with Crippen molar-refractivity contribution in [3.05, 3.63) is 72.3 Å². The Labute approximate surface area is 240 Å². The predicted molar refractivity (Wildman–Crippen MR) is 157 cm³/mol. The number of carbonyl (C=O) groups is 2. The number of benzene rings is 3. The maximum absolute atomic E-state index is 13.3. The van der Waals surface area contributed by atoms with Gasteiger partial charge in [0.05, 0.1) is 36.4 Å². The van der Waals surface area contributed by atoms with Gasteiger partial charge < -0.3 is 24.6 Å². The lowest BCUT2D eigenvalue weighted by Crippen LogP contribution is -2.48. The molecule has 0 radical (unpaired) electrons. The summed E-state index contributed by atoms with van der Waals surface area (Å²) in [5.74, 6) is 0.335. The molecule has 1 atom stereocenters. The monoisotopic (exact) mass is 578 g/mol. The van der Waals surface area contributed by atoms with Crippen LogP contribution in [0, 0.1) is 12.8 Å². The van der Waals surface area contributed by atoms with Crippen molar-refractivity contribution in [2.45, 2.75) is 18.2 Å². The summed E-state index contributed by atoms with van der Waals surface area (Å²) in [7, 11) is -0.532. The maximum atomic E-state index is 13.3. The highest BCUT2D eigenvalue weighted by atomic mass is 32.2. The number of amides is 2. The van der Waals surface area contributed by atoms with E-state index in [0.29, 0.717) is 43.3 Å². The molecule has 2 saturated heterocycles. The molecule has 11 heteroatoms. The van der Waals surface area contributed by atoms with Crippen LogP contribution in [0.4, 0.5) is 17.1 Å². The van der Waals surface area contributed by atoms with Crippen LogP contribution in [0.5, 0.6) is 11.5 Å². The zero-order valence-corrected chi connectivity index (χ0v) is 24.2. The second-order valence-corrected chi connectivity index (χ2v) is 12.1. The number of sulfonamides is 1. The minimum absolute atomic E-state index is 0.0796. The van der Waals surface area contributed by atoms with Crippen LogP contribution in [0.1, 0.15) is 12.0 Å². The highest BCUT2D eigenvalue weighted by molar-refractivity contribution is 7.89. The summed E-state index contributed by atoms with van der Waals surface area (Å²) in [6, 6.07) is 19.4. The molecule has 3 aromatic carbocycles. The zero-order chi connectivity index (χ0) is 29.1. The average molecular weight is 579 g/mol. The van der Waals surface area contributed by atoms with E-state index in [1.807, 2.05) is 43.3 Å². The first-order valence-electron chi connectivity index (χ1n) is 13.5. The smallest absolute Gasteiger partial charge is 0.243 e. The molecule has 0 bridgehead atoms. The van der Waals surface area contributed by atoms with Gasteiger partial charge in [0, 0.05) is 44.8 Å². The number of hydrogen-bond acceptors (Lipinski definition) is 7. The van der Waals surface area contributed by atoms with E-state index in [1.54, 1.807) is 37.3 Å². The number of ether oxygens (including phenoxy) is 2. The summed E-state index contributed by atoms with van der Waals surface area (Å²) in [6.45, 7) is 3.93. The van der Waals surface area contributed by atoms with Crippen LogP contribution in [0.2, 0.25) is 0 Å². The van der Waals surface area contributed by atoms with E-state index < -0.39 is 15.9 Å². The molecule has 0 saturated carbocycles. The van der Waals surface area contributed by atoms with Crippen molar-refractivity contribution < 1.29 is 27.5 Å². The largest absolute Gasteiger partial charge is 0.495 e. The third kappa shape index (κ3) is 5.86. The Hall–Kier alpha value is -4.09. The number of rotatable bonds is 8. The molecule has 2 aliphatic rings. The lowest BCUT2D eigenvalue weighted by atomic mass is 10.1. The summed E-state index contributed by atoms with van der Waals surface area (Å²) in [4.78, 5) is 29.7. The first-order valence-corrected chi connectivity index (χ1v) is 14.9. The van der Waals surface area contributed by atoms with E-state index in [-0.39, 0.29) is 29.7 Å². The van der Waals surface area contributed by atoms with Crippen LogP contribution < -0.4 is 24.6 Å². The van der Waals surface area contributed by atoms with Crippen LogP contribution in [-0.4, -0.2) is 71.5 Å². The van der Waals surface area contributed by atoms with Gasteiger partial charge in [-0.1, -0.05) is 18.2 Å². The van der Waals surface area contributed by atoms with Crippen molar-refractivity contribution in [3.63, 3.8) is 0 Å². The fraction of sp³-hybridized carbons (Fsp3) is 0.333. The van der Waals surface area contributed by atoms with Gasteiger partial charge in [0.15, 0.2) is 0 Å². The van der Waals surface area contributed by atoms with Crippen LogP contribution in [0.25, 0.3) is 0 Å². The molecule has 5 rings (SSSR count). The number of aryl methyl sites for hydroxylation is 1. The van der Waals surface area contributed by atoms with Crippen LogP contribution in [0.15, 0.2) is 71.6 Å². The molecule has 2 heterocycles. The summed E-state index contributed by atoms with van der Waals surface area (Å²) in [5, 5.41) is 2.83. The Balaban J connectivity index is 1.20. The number of para-hydroxylation sites is 2. The fourth-order valence-electron chi connectivity index (χ4n) is 5.29. The number of nitrogens with zero attached hydrogens (tertiary/aromatic N) is 3. The Morgan fingerprint density at radius 2 is 1.54 bits per heavy atom. The van der Waals surface area contributed by atoms with Gasteiger partial charge in [0.2, 0.25) is 21.8 Å². The molecular weight excluding hydrogens is 544 g/mol. The molecule has 2 fully saturated rings. The van der Waals surface area contributed by atoms with Gasteiger partial charge in [-0.3, -0.25) is 9.59 Å². The number of hydrogen-bond donors (Lipinski definition) is 1. The molecule has 2 aliphatic heterocycles.